The molecule has 0 radical (unpaired) electrons. The lowest BCUT2D eigenvalue weighted by atomic mass is 9.99. The second-order valence-electron chi connectivity index (χ2n) is 5.22. The molecule has 0 aliphatic carbocycles. The van der Waals surface area contributed by atoms with Crippen LogP contribution < -0.4 is 5.32 Å². The molecule has 94 valence electrons. The smallest absolute Gasteiger partial charge is 0.0497 e. The lowest BCUT2D eigenvalue weighted by molar-refractivity contribution is 0.716. The Kier molecular flexibility index (Phi) is 3.42. The van der Waals surface area contributed by atoms with E-state index < -0.39 is 0 Å². The van der Waals surface area contributed by atoms with Gasteiger partial charge < -0.3 is 5.32 Å². The van der Waals surface area contributed by atoms with E-state index in [1.54, 1.807) is 0 Å². The van der Waals surface area contributed by atoms with E-state index in [0.717, 1.165) is 6.42 Å². The highest BCUT2D eigenvalue weighted by atomic mass is 15.0. The minimum Gasteiger partial charge on any atom is -0.376 e. The standard InChI is InChI=1S/C17H21N/c1-5-13-11-12-16(18-17(3,4)6-2)15-10-8-7-9-14(13)15/h6-12,18H,2,5H2,1,3-4H3. The van der Waals surface area contributed by atoms with E-state index in [-0.39, 0.29) is 5.54 Å². The molecule has 2 aromatic rings. The maximum absolute atomic E-state index is 3.88. The van der Waals surface area contributed by atoms with Crippen molar-refractivity contribution >= 4 is 16.5 Å². The zero-order chi connectivity index (χ0) is 13.2. The normalized spacial score (nSPS) is 11.5. The number of fused-ring (bicyclic) bond motifs is 1. The van der Waals surface area contributed by atoms with Crippen LogP contribution in [-0.4, -0.2) is 5.54 Å². The number of nitrogens with one attached hydrogen (secondary N) is 1. The average molecular weight is 239 g/mol. The third-order valence-corrected chi connectivity index (χ3v) is 3.36. The molecule has 0 fully saturated rings. The fourth-order valence-electron chi connectivity index (χ4n) is 2.18. The van der Waals surface area contributed by atoms with Gasteiger partial charge in [-0.05, 0) is 37.3 Å². The Morgan fingerprint density at radius 2 is 1.78 bits per heavy atom. The Morgan fingerprint density at radius 1 is 1.11 bits per heavy atom. The molecule has 2 aromatic carbocycles. The van der Waals surface area contributed by atoms with Crippen molar-refractivity contribution in [2.24, 2.45) is 0 Å². The number of aryl methyl sites for hydroxylation is 1. The van der Waals surface area contributed by atoms with E-state index in [1.165, 1.54) is 22.0 Å². The third kappa shape index (κ3) is 2.40. The van der Waals surface area contributed by atoms with Gasteiger partial charge in [-0.1, -0.05) is 43.3 Å². The van der Waals surface area contributed by atoms with Crippen molar-refractivity contribution in [1.29, 1.82) is 0 Å². The molecule has 0 heterocycles. The van der Waals surface area contributed by atoms with E-state index in [1.807, 2.05) is 6.08 Å². The summed E-state index contributed by atoms with van der Waals surface area (Å²) in [6.45, 7) is 10.3. The van der Waals surface area contributed by atoms with Crippen molar-refractivity contribution in [3.8, 4) is 0 Å². The first-order valence-corrected chi connectivity index (χ1v) is 6.50. The molecule has 2 rings (SSSR count). The first-order chi connectivity index (χ1) is 8.57. The maximum Gasteiger partial charge on any atom is 0.0497 e. The van der Waals surface area contributed by atoms with Crippen LogP contribution in [0.2, 0.25) is 0 Å². The molecule has 0 unspecified atom stereocenters. The minimum atomic E-state index is -0.101. The van der Waals surface area contributed by atoms with Crippen LogP contribution in [0.4, 0.5) is 5.69 Å². The second kappa shape index (κ2) is 4.85. The van der Waals surface area contributed by atoms with Crippen molar-refractivity contribution in [2.45, 2.75) is 32.7 Å². The quantitative estimate of drug-likeness (QED) is 0.757. The van der Waals surface area contributed by atoms with Crippen LogP contribution >= 0.6 is 0 Å². The van der Waals surface area contributed by atoms with E-state index in [0.29, 0.717) is 0 Å². The van der Waals surface area contributed by atoms with Crippen LogP contribution in [0.1, 0.15) is 26.3 Å². The Morgan fingerprint density at radius 3 is 2.39 bits per heavy atom. The van der Waals surface area contributed by atoms with Crippen molar-refractivity contribution in [2.75, 3.05) is 5.32 Å². The summed E-state index contributed by atoms with van der Waals surface area (Å²) in [6, 6.07) is 12.9. The average Bonchev–Trinajstić information content (AvgIpc) is 2.39. The Balaban J connectivity index is 2.56. The Bertz CT molecular complexity index is 567. The SMILES string of the molecule is C=CC(C)(C)Nc1ccc(CC)c2ccccc12. The molecule has 1 N–H and O–H groups in total. The maximum atomic E-state index is 3.88. The van der Waals surface area contributed by atoms with Crippen molar-refractivity contribution < 1.29 is 0 Å². The zero-order valence-electron chi connectivity index (χ0n) is 11.5. The largest absolute Gasteiger partial charge is 0.376 e. The van der Waals surface area contributed by atoms with Gasteiger partial charge in [-0.15, -0.1) is 6.58 Å². The molecule has 0 saturated carbocycles. The summed E-state index contributed by atoms with van der Waals surface area (Å²) in [7, 11) is 0. The van der Waals surface area contributed by atoms with Gasteiger partial charge in [-0.25, -0.2) is 0 Å². The number of hydrogen-bond acceptors (Lipinski definition) is 1. The molecule has 0 atom stereocenters. The van der Waals surface area contributed by atoms with Crippen LogP contribution in [0, 0.1) is 0 Å². The third-order valence-electron chi connectivity index (χ3n) is 3.36. The molecule has 1 heteroatoms. The highest BCUT2D eigenvalue weighted by Gasteiger charge is 2.14. The summed E-state index contributed by atoms with van der Waals surface area (Å²) < 4.78 is 0. The topological polar surface area (TPSA) is 12.0 Å². The summed E-state index contributed by atoms with van der Waals surface area (Å²) in [6.07, 6.45) is 3.00. The summed E-state index contributed by atoms with van der Waals surface area (Å²) in [5.74, 6) is 0. The second-order valence-corrected chi connectivity index (χ2v) is 5.22. The van der Waals surface area contributed by atoms with Crippen LogP contribution in [0.15, 0.2) is 49.1 Å². The fourth-order valence-corrected chi connectivity index (χ4v) is 2.18. The van der Waals surface area contributed by atoms with Gasteiger partial charge in [-0.2, -0.15) is 0 Å². The lowest BCUT2D eigenvalue weighted by Gasteiger charge is -2.25. The summed E-state index contributed by atoms with van der Waals surface area (Å²) >= 11 is 0. The number of benzene rings is 2. The summed E-state index contributed by atoms with van der Waals surface area (Å²) in [5, 5.41) is 6.17. The van der Waals surface area contributed by atoms with Crippen molar-refractivity contribution in [3.05, 3.63) is 54.6 Å². The molecule has 1 nitrogen and oxygen atoms in total. The number of anilines is 1. The predicted molar refractivity (Wildman–Crippen MR) is 81.2 cm³/mol. The highest BCUT2D eigenvalue weighted by molar-refractivity contribution is 5.96. The molecule has 18 heavy (non-hydrogen) atoms. The van der Waals surface area contributed by atoms with E-state index in [2.05, 4.69) is 69.1 Å². The molecule has 0 saturated heterocycles. The van der Waals surface area contributed by atoms with E-state index >= 15 is 0 Å². The van der Waals surface area contributed by atoms with Gasteiger partial charge in [0.2, 0.25) is 0 Å². The van der Waals surface area contributed by atoms with Crippen LogP contribution in [-0.2, 0) is 6.42 Å². The molecular formula is C17H21N. The van der Waals surface area contributed by atoms with Gasteiger partial charge in [0.1, 0.15) is 0 Å². The zero-order valence-corrected chi connectivity index (χ0v) is 11.5. The summed E-state index contributed by atoms with van der Waals surface area (Å²) in [5.41, 5.74) is 2.47. The number of hydrogen-bond donors (Lipinski definition) is 1. The van der Waals surface area contributed by atoms with Crippen molar-refractivity contribution in [3.63, 3.8) is 0 Å². The van der Waals surface area contributed by atoms with Gasteiger partial charge >= 0.3 is 0 Å². The molecule has 0 aliphatic heterocycles. The van der Waals surface area contributed by atoms with Crippen LogP contribution in [0.25, 0.3) is 10.8 Å². The van der Waals surface area contributed by atoms with Gasteiger partial charge in [0.25, 0.3) is 0 Å². The summed E-state index contributed by atoms with van der Waals surface area (Å²) in [4.78, 5) is 0. The van der Waals surface area contributed by atoms with Crippen LogP contribution in [0.5, 0.6) is 0 Å². The predicted octanol–water partition coefficient (Wildman–Crippen LogP) is 4.78. The first kappa shape index (κ1) is 12.7. The first-order valence-electron chi connectivity index (χ1n) is 6.50. The minimum absolute atomic E-state index is 0.101. The monoisotopic (exact) mass is 239 g/mol. The van der Waals surface area contributed by atoms with Gasteiger partial charge in [0.05, 0.1) is 0 Å². The van der Waals surface area contributed by atoms with Crippen molar-refractivity contribution in [1.82, 2.24) is 0 Å². The van der Waals surface area contributed by atoms with Gasteiger partial charge in [-0.3, -0.25) is 0 Å². The van der Waals surface area contributed by atoms with Gasteiger partial charge in [0, 0.05) is 16.6 Å². The van der Waals surface area contributed by atoms with Gasteiger partial charge in [0.15, 0.2) is 0 Å². The molecule has 0 bridgehead atoms. The number of rotatable bonds is 4. The highest BCUT2D eigenvalue weighted by Crippen LogP contribution is 2.29. The van der Waals surface area contributed by atoms with E-state index in [9.17, 15) is 0 Å². The Hall–Kier alpha value is -1.76. The molecule has 0 amide bonds. The molecule has 0 spiro atoms. The van der Waals surface area contributed by atoms with E-state index in [4.69, 9.17) is 0 Å². The van der Waals surface area contributed by atoms with Crippen LogP contribution in [0.3, 0.4) is 0 Å². The molecule has 0 aliphatic rings. The molecular weight excluding hydrogens is 218 g/mol. The Labute approximate surface area is 110 Å². The fraction of sp³-hybridized carbons (Fsp3) is 0.294. The molecule has 0 aromatic heterocycles. The lowest BCUT2D eigenvalue weighted by Crippen LogP contribution is -2.27.